The molecule has 0 amide bonds. The maximum atomic E-state index is 12.9. The molecule has 1 aromatic carbocycles. The van der Waals surface area contributed by atoms with E-state index in [9.17, 15) is 4.79 Å². The number of aryl methyl sites for hydroxylation is 1. The van der Waals surface area contributed by atoms with Crippen molar-refractivity contribution in [3.63, 3.8) is 0 Å². The largest absolute Gasteiger partial charge is 0.354 e. The molecular weight excluding hydrogens is 420 g/mol. The van der Waals surface area contributed by atoms with Gasteiger partial charge >= 0.3 is 0 Å². The van der Waals surface area contributed by atoms with Gasteiger partial charge in [-0.05, 0) is 43.6 Å². The fraction of sp³-hybridized carbons (Fsp3) is 0.292. The lowest BCUT2D eigenvalue weighted by atomic mass is 10.0. The molecule has 0 N–H and O–H groups in total. The maximum absolute atomic E-state index is 12.9. The van der Waals surface area contributed by atoms with Gasteiger partial charge in [0, 0.05) is 60.8 Å². The van der Waals surface area contributed by atoms with Crippen molar-refractivity contribution >= 4 is 33.7 Å². The average Bonchev–Trinajstić information content (AvgIpc) is 3.25. The molecule has 3 aromatic heterocycles. The Morgan fingerprint density at radius 2 is 1.81 bits per heavy atom. The van der Waals surface area contributed by atoms with Crippen LogP contribution in [0.4, 0.5) is 5.82 Å². The minimum absolute atomic E-state index is 0.0187. The van der Waals surface area contributed by atoms with Crippen LogP contribution in [0.5, 0.6) is 0 Å². The van der Waals surface area contributed by atoms with Crippen LogP contribution in [0.2, 0.25) is 0 Å². The van der Waals surface area contributed by atoms with Crippen molar-refractivity contribution in [2.75, 3.05) is 38.1 Å². The molecule has 0 saturated carbocycles. The molecular formula is C24H24N6OS. The number of carbonyl (C=O) groups excluding carboxylic acids is 1. The molecule has 1 fully saturated rings. The van der Waals surface area contributed by atoms with E-state index in [1.54, 1.807) is 17.5 Å². The number of rotatable bonds is 5. The number of Topliss-reactive ketones (excluding diaryl/α,β-unsaturated/α-hetero) is 1. The Hall–Kier alpha value is -3.23. The summed E-state index contributed by atoms with van der Waals surface area (Å²) in [6, 6.07) is 11.9. The van der Waals surface area contributed by atoms with Crippen molar-refractivity contribution in [2.45, 2.75) is 13.3 Å². The van der Waals surface area contributed by atoms with E-state index in [0.29, 0.717) is 5.56 Å². The Bertz CT molecular complexity index is 1260. The number of anilines is 1. The fourth-order valence-electron chi connectivity index (χ4n) is 3.87. The van der Waals surface area contributed by atoms with Crippen LogP contribution in [0, 0.1) is 6.92 Å². The second-order valence-electron chi connectivity index (χ2n) is 8.16. The third-order valence-electron chi connectivity index (χ3n) is 5.79. The molecule has 0 atom stereocenters. The molecule has 4 heterocycles. The third kappa shape index (κ3) is 4.37. The number of fused-ring (bicyclic) bond motifs is 1. The van der Waals surface area contributed by atoms with Gasteiger partial charge in [-0.2, -0.15) is 0 Å². The molecule has 5 rings (SSSR count). The molecule has 7 nitrogen and oxygen atoms in total. The summed E-state index contributed by atoms with van der Waals surface area (Å²) in [5, 5.41) is 12.2. The lowest BCUT2D eigenvalue weighted by Crippen LogP contribution is -2.44. The van der Waals surface area contributed by atoms with Crippen LogP contribution in [0.1, 0.15) is 21.1 Å². The zero-order valence-corrected chi connectivity index (χ0v) is 19.0. The Labute approximate surface area is 190 Å². The summed E-state index contributed by atoms with van der Waals surface area (Å²) in [5.74, 6) is 0.947. The summed E-state index contributed by atoms with van der Waals surface area (Å²) < 4.78 is 0. The Kier molecular flexibility index (Phi) is 5.63. The van der Waals surface area contributed by atoms with E-state index in [2.05, 4.69) is 43.1 Å². The number of hydrogen-bond donors (Lipinski definition) is 0. The number of piperazine rings is 1. The SMILES string of the molecule is Cc1nnc(-c2ccc3cnc(CC(=O)c4ccc(N5CCN(C)CC5)nc4)cc3c2)s1. The first-order chi connectivity index (χ1) is 15.5. The predicted molar refractivity (Wildman–Crippen MR) is 127 cm³/mol. The van der Waals surface area contributed by atoms with Crippen molar-refractivity contribution in [2.24, 2.45) is 0 Å². The van der Waals surface area contributed by atoms with Crippen LogP contribution >= 0.6 is 11.3 Å². The highest BCUT2D eigenvalue weighted by molar-refractivity contribution is 7.14. The molecule has 32 heavy (non-hydrogen) atoms. The lowest BCUT2D eigenvalue weighted by Gasteiger charge is -2.33. The van der Waals surface area contributed by atoms with E-state index in [1.807, 2.05) is 43.5 Å². The van der Waals surface area contributed by atoms with Gasteiger partial charge in [0.05, 0.1) is 6.42 Å². The molecule has 1 saturated heterocycles. The lowest BCUT2D eigenvalue weighted by molar-refractivity contribution is 0.0991. The van der Waals surface area contributed by atoms with Crippen molar-refractivity contribution < 1.29 is 4.79 Å². The maximum Gasteiger partial charge on any atom is 0.170 e. The first-order valence-electron chi connectivity index (χ1n) is 10.7. The van der Waals surface area contributed by atoms with Crippen molar-refractivity contribution in [1.82, 2.24) is 25.1 Å². The van der Waals surface area contributed by atoms with Crippen LogP contribution in [0.25, 0.3) is 21.3 Å². The van der Waals surface area contributed by atoms with Gasteiger partial charge in [0.1, 0.15) is 15.8 Å². The molecule has 0 radical (unpaired) electrons. The van der Waals surface area contributed by atoms with Gasteiger partial charge < -0.3 is 9.80 Å². The summed E-state index contributed by atoms with van der Waals surface area (Å²) in [4.78, 5) is 26.5. The van der Waals surface area contributed by atoms with E-state index in [1.165, 1.54) is 0 Å². The van der Waals surface area contributed by atoms with Crippen LogP contribution in [-0.2, 0) is 6.42 Å². The number of likely N-dealkylation sites (N-methyl/N-ethyl adjacent to an activating group) is 1. The summed E-state index contributed by atoms with van der Waals surface area (Å²) in [5.41, 5.74) is 2.38. The highest BCUT2D eigenvalue weighted by Gasteiger charge is 2.16. The average molecular weight is 445 g/mol. The molecule has 1 aliphatic heterocycles. The standard InChI is InChI=1S/C24H24N6OS/c1-16-27-28-24(32-16)17-3-4-18-14-25-21(12-20(18)11-17)13-22(31)19-5-6-23(26-15-19)30-9-7-29(2)8-10-30/h3-6,11-12,14-15H,7-10,13H2,1-2H3. The van der Waals surface area contributed by atoms with Gasteiger partial charge in [-0.15, -0.1) is 10.2 Å². The second-order valence-corrected chi connectivity index (χ2v) is 9.34. The van der Waals surface area contributed by atoms with Gasteiger partial charge in [0.15, 0.2) is 5.78 Å². The minimum Gasteiger partial charge on any atom is -0.354 e. The summed E-state index contributed by atoms with van der Waals surface area (Å²) in [6.07, 6.45) is 3.75. The van der Waals surface area contributed by atoms with E-state index in [4.69, 9.17) is 0 Å². The number of hydrogen-bond acceptors (Lipinski definition) is 8. The first-order valence-corrected chi connectivity index (χ1v) is 11.5. The van der Waals surface area contributed by atoms with Gasteiger partial charge in [-0.25, -0.2) is 4.98 Å². The normalized spacial score (nSPS) is 14.8. The number of pyridine rings is 2. The van der Waals surface area contributed by atoms with Gasteiger partial charge in [0.25, 0.3) is 0 Å². The zero-order chi connectivity index (χ0) is 22.1. The number of nitrogens with zero attached hydrogens (tertiary/aromatic N) is 6. The molecule has 0 spiro atoms. The summed E-state index contributed by atoms with van der Waals surface area (Å²) in [6.45, 7) is 5.90. The summed E-state index contributed by atoms with van der Waals surface area (Å²) >= 11 is 1.57. The number of benzene rings is 1. The van der Waals surface area contributed by atoms with Gasteiger partial charge in [-0.3, -0.25) is 9.78 Å². The van der Waals surface area contributed by atoms with Crippen LogP contribution in [0.3, 0.4) is 0 Å². The van der Waals surface area contributed by atoms with E-state index < -0.39 is 0 Å². The number of ketones is 1. The minimum atomic E-state index is 0.0187. The quantitative estimate of drug-likeness (QED) is 0.435. The van der Waals surface area contributed by atoms with E-state index in [-0.39, 0.29) is 12.2 Å². The van der Waals surface area contributed by atoms with Crippen molar-refractivity contribution in [3.8, 4) is 10.6 Å². The molecule has 0 bridgehead atoms. The molecule has 0 unspecified atom stereocenters. The van der Waals surface area contributed by atoms with Gasteiger partial charge in [-0.1, -0.05) is 23.5 Å². The second kappa shape index (κ2) is 8.72. The third-order valence-corrected chi connectivity index (χ3v) is 6.68. The smallest absolute Gasteiger partial charge is 0.170 e. The topological polar surface area (TPSA) is 75.1 Å². The fourth-order valence-corrected chi connectivity index (χ4v) is 4.56. The van der Waals surface area contributed by atoms with Crippen molar-refractivity contribution in [3.05, 3.63) is 65.1 Å². The Morgan fingerprint density at radius 3 is 2.53 bits per heavy atom. The Morgan fingerprint density at radius 1 is 0.969 bits per heavy atom. The van der Waals surface area contributed by atoms with Crippen LogP contribution in [0.15, 0.2) is 48.8 Å². The summed E-state index contributed by atoms with van der Waals surface area (Å²) in [7, 11) is 2.13. The Balaban J connectivity index is 1.31. The number of carbonyl (C=O) groups is 1. The molecule has 1 aliphatic rings. The van der Waals surface area contributed by atoms with Gasteiger partial charge in [0.2, 0.25) is 0 Å². The molecule has 0 aliphatic carbocycles. The molecule has 162 valence electrons. The van der Waals surface area contributed by atoms with Crippen molar-refractivity contribution in [1.29, 1.82) is 0 Å². The highest BCUT2D eigenvalue weighted by atomic mass is 32.1. The van der Waals surface area contributed by atoms with Crippen LogP contribution in [-0.4, -0.2) is 64.1 Å². The molecule has 8 heteroatoms. The zero-order valence-electron chi connectivity index (χ0n) is 18.2. The van der Waals surface area contributed by atoms with E-state index >= 15 is 0 Å². The first kappa shape index (κ1) is 20.7. The molecule has 4 aromatic rings. The number of aromatic nitrogens is 4. The monoisotopic (exact) mass is 444 g/mol. The van der Waals surface area contributed by atoms with E-state index in [0.717, 1.165) is 64.0 Å². The van der Waals surface area contributed by atoms with Crippen LogP contribution < -0.4 is 4.90 Å². The highest BCUT2D eigenvalue weighted by Crippen LogP contribution is 2.27. The predicted octanol–water partition coefficient (Wildman–Crippen LogP) is 3.63.